The number of aliphatic imine (C=N–C) groups is 1. The number of nitrogens with zero attached hydrogens (tertiary/aromatic N) is 3. The molecule has 1 aromatic heterocycles. The lowest BCUT2D eigenvalue weighted by Crippen LogP contribution is -2.38. The van der Waals surface area contributed by atoms with Crippen LogP contribution >= 0.6 is 11.6 Å². The molecule has 0 saturated carbocycles. The van der Waals surface area contributed by atoms with Crippen molar-refractivity contribution in [3.8, 4) is 17.0 Å². The van der Waals surface area contributed by atoms with Crippen LogP contribution in [-0.2, 0) is 16.2 Å². The van der Waals surface area contributed by atoms with Crippen molar-refractivity contribution in [3.63, 3.8) is 0 Å². The van der Waals surface area contributed by atoms with Gasteiger partial charge in [-0.15, -0.1) is 0 Å². The van der Waals surface area contributed by atoms with Gasteiger partial charge in [-0.1, -0.05) is 17.7 Å². The Morgan fingerprint density at radius 1 is 1.30 bits per heavy atom. The monoisotopic (exact) mass is 431 g/mol. The molecule has 3 rings (SSSR count). The molecule has 0 aliphatic rings. The minimum Gasteiger partial charge on any atom is -0.496 e. The minimum absolute atomic E-state index is 0.00326. The predicted octanol–water partition coefficient (Wildman–Crippen LogP) is 3.80. The van der Waals surface area contributed by atoms with E-state index in [2.05, 4.69) is 15.0 Å². The number of nitrogens with one attached hydrogen (secondary N) is 1. The van der Waals surface area contributed by atoms with Crippen molar-refractivity contribution < 1.29 is 18.8 Å². The molecular weight excluding hydrogens is 413 g/mol. The zero-order chi connectivity index (χ0) is 21.7. The number of carbonyl (C=O) groups excluding carboxylic acids is 1. The maximum Gasteiger partial charge on any atom is 0.329 e. The fraction of sp³-hybridized carbons (Fsp3) is 0.150. The van der Waals surface area contributed by atoms with Gasteiger partial charge in [-0.3, -0.25) is 4.79 Å². The van der Waals surface area contributed by atoms with Gasteiger partial charge >= 0.3 is 5.97 Å². The average molecular weight is 432 g/mol. The van der Waals surface area contributed by atoms with Crippen LogP contribution in [0.15, 0.2) is 53.7 Å². The van der Waals surface area contributed by atoms with Gasteiger partial charge < -0.3 is 20.3 Å². The number of ether oxygens (including phenoxy) is 1. The maximum atomic E-state index is 13.1. The summed E-state index contributed by atoms with van der Waals surface area (Å²) < 4.78 is 18.4. The van der Waals surface area contributed by atoms with Crippen molar-refractivity contribution in [3.05, 3.63) is 65.1 Å². The van der Waals surface area contributed by atoms with Gasteiger partial charge in [0.2, 0.25) is 11.9 Å². The fourth-order valence-corrected chi connectivity index (χ4v) is 2.88. The van der Waals surface area contributed by atoms with Crippen molar-refractivity contribution in [2.75, 3.05) is 7.11 Å². The van der Waals surface area contributed by atoms with E-state index in [4.69, 9.17) is 26.9 Å². The zero-order valence-electron chi connectivity index (χ0n) is 16.2. The number of methoxy groups -OCH3 is 1. The van der Waals surface area contributed by atoms with Gasteiger partial charge in [0.05, 0.1) is 25.5 Å². The second-order valence-corrected chi connectivity index (χ2v) is 6.54. The second-order valence-electron chi connectivity index (χ2n) is 6.14. The van der Waals surface area contributed by atoms with Crippen molar-refractivity contribution in [2.45, 2.75) is 13.5 Å². The van der Waals surface area contributed by atoms with Crippen LogP contribution < -0.4 is 10.5 Å². The Morgan fingerprint density at radius 2 is 2.03 bits per heavy atom. The number of hydrogen-bond acceptors (Lipinski definition) is 5. The third-order valence-corrected chi connectivity index (χ3v) is 4.38. The number of guanidine groups is 1. The Kier molecular flexibility index (Phi) is 6.53. The van der Waals surface area contributed by atoms with Gasteiger partial charge in [0.15, 0.2) is 0 Å². The Morgan fingerprint density at radius 3 is 2.70 bits per heavy atom. The van der Waals surface area contributed by atoms with Crippen molar-refractivity contribution >= 4 is 29.5 Å². The molecule has 0 radical (unpaired) electrons. The molecule has 10 heteroatoms. The summed E-state index contributed by atoms with van der Waals surface area (Å²) in [4.78, 5) is 28.0. The Balaban J connectivity index is 1.87. The summed E-state index contributed by atoms with van der Waals surface area (Å²) in [6, 6.07) is 11.0. The van der Waals surface area contributed by atoms with Crippen LogP contribution in [0.1, 0.15) is 12.5 Å². The number of aromatic nitrogens is 2. The summed E-state index contributed by atoms with van der Waals surface area (Å²) in [7, 11) is 1.50. The second kappa shape index (κ2) is 9.27. The molecule has 0 fully saturated rings. The lowest BCUT2D eigenvalue weighted by atomic mass is 10.2. The molecule has 0 aliphatic heterocycles. The first kappa shape index (κ1) is 21.1. The first-order chi connectivity index (χ1) is 14.4. The highest BCUT2D eigenvalue weighted by Crippen LogP contribution is 2.28. The SMILES string of the molecule is COc1cccc(Cl)c1CN(OC(C)=O)/C(N)=N/c1ncc(-c2ccc(F)cc2)[nH]1. The molecule has 0 saturated heterocycles. The number of imidazole rings is 1. The first-order valence-electron chi connectivity index (χ1n) is 8.80. The number of hydrogen-bond donors (Lipinski definition) is 2. The molecule has 0 bridgehead atoms. The quantitative estimate of drug-likeness (QED) is 0.361. The van der Waals surface area contributed by atoms with Crippen LogP contribution in [0.5, 0.6) is 5.75 Å². The summed E-state index contributed by atoms with van der Waals surface area (Å²) >= 11 is 6.26. The van der Waals surface area contributed by atoms with Crippen molar-refractivity contribution in [1.29, 1.82) is 0 Å². The Hall–Kier alpha value is -3.59. The first-order valence-corrected chi connectivity index (χ1v) is 9.17. The summed E-state index contributed by atoms with van der Waals surface area (Å²) in [5, 5.41) is 1.50. The van der Waals surface area contributed by atoms with Crippen LogP contribution in [-0.4, -0.2) is 34.1 Å². The third kappa shape index (κ3) is 5.06. The topological polar surface area (TPSA) is 106 Å². The summed E-state index contributed by atoms with van der Waals surface area (Å²) in [5.41, 5.74) is 7.97. The number of H-pyrrole nitrogens is 1. The molecule has 1 heterocycles. The molecule has 0 aliphatic carbocycles. The van der Waals surface area contributed by atoms with Crippen molar-refractivity contribution in [2.24, 2.45) is 10.7 Å². The van der Waals surface area contributed by atoms with Gasteiger partial charge in [-0.2, -0.15) is 10.1 Å². The molecule has 0 amide bonds. The van der Waals surface area contributed by atoms with Gasteiger partial charge in [-0.25, -0.2) is 9.37 Å². The van der Waals surface area contributed by atoms with Crippen molar-refractivity contribution in [1.82, 2.24) is 15.0 Å². The Labute approximate surface area is 177 Å². The van der Waals surface area contributed by atoms with Crippen LogP contribution in [0.3, 0.4) is 0 Å². The molecule has 0 atom stereocenters. The van der Waals surface area contributed by atoms with E-state index in [-0.39, 0.29) is 24.3 Å². The molecule has 3 aromatic rings. The van der Waals surface area contributed by atoms with Crippen LogP contribution in [0.4, 0.5) is 10.3 Å². The van der Waals surface area contributed by atoms with E-state index in [1.165, 1.54) is 32.4 Å². The average Bonchev–Trinajstić information content (AvgIpc) is 3.17. The number of carbonyl (C=O) groups is 1. The lowest BCUT2D eigenvalue weighted by Gasteiger charge is -2.22. The van der Waals surface area contributed by atoms with Gasteiger partial charge in [0, 0.05) is 17.5 Å². The number of aromatic amines is 1. The number of benzene rings is 2. The molecule has 156 valence electrons. The lowest BCUT2D eigenvalue weighted by molar-refractivity contribution is -0.172. The standard InChI is InChI=1S/C20H19ClFN5O3/c1-12(28)30-27(11-15-16(21)4-3-5-18(15)29-2)19(23)26-20-24-10-17(25-20)13-6-8-14(22)9-7-13/h3-10H,11H2,1-2H3,(H3,23,24,25,26). The van der Waals surface area contributed by atoms with E-state index < -0.39 is 5.97 Å². The number of hydroxylamine groups is 2. The normalized spacial score (nSPS) is 11.3. The predicted molar refractivity (Wildman–Crippen MR) is 111 cm³/mol. The van der Waals surface area contributed by atoms with Crippen LogP contribution in [0.25, 0.3) is 11.3 Å². The maximum absolute atomic E-state index is 13.1. The summed E-state index contributed by atoms with van der Waals surface area (Å²) in [5.74, 6) is -0.385. The Bertz CT molecular complexity index is 1070. The van der Waals surface area contributed by atoms with E-state index in [9.17, 15) is 9.18 Å². The summed E-state index contributed by atoms with van der Waals surface area (Å²) in [6.45, 7) is 1.24. The van der Waals surface area contributed by atoms with E-state index in [0.717, 1.165) is 10.6 Å². The summed E-state index contributed by atoms with van der Waals surface area (Å²) in [6.07, 6.45) is 1.53. The fourth-order valence-electron chi connectivity index (χ4n) is 2.65. The molecular formula is C20H19ClFN5O3. The number of nitrogens with two attached hydrogens (primary N) is 1. The van der Waals surface area contributed by atoms with E-state index in [1.807, 2.05) is 0 Å². The number of rotatable bonds is 5. The molecule has 3 N–H and O–H groups in total. The highest BCUT2D eigenvalue weighted by Gasteiger charge is 2.18. The zero-order valence-corrected chi connectivity index (χ0v) is 17.0. The van der Waals surface area contributed by atoms with Crippen LogP contribution in [0, 0.1) is 5.82 Å². The molecule has 8 nitrogen and oxygen atoms in total. The smallest absolute Gasteiger partial charge is 0.329 e. The molecule has 0 spiro atoms. The largest absolute Gasteiger partial charge is 0.496 e. The third-order valence-electron chi connectivity index (χ3n) is 4.03. The molecule has 2 aromatic carbocycles. The molecule has 0 unspecified atom stereocenters. The van der Waals surface area contributed by atoms with Gasteiger partial charge in [0.25, 0.3) is 0 Å². The van der Waals surface area contributed by atoms with Gasteiger partial charge in [-0.05, 0) is 42.0 Å². The highest BCUT2D eigenvalue weighted by molar-refractivity contribution is 6.31. The van der Waals surface area contributed by atoms with E-state index in [0.29, 0.717) is 22.0 Å². The highest BCUT2D eigenvalue weighted by atomic mass is 35.5. The minimum atomic E-state index is -0.592. The van der Waals surface area contributed by atoms with Crippen LogP contribution in [0.2, 0.25) is 5.02 Å². The van der Waals surface area contributed by atoms with E-state index in [1.54, 1.807) is 30.3 Å². The van der Waals surface area contributed by atoms with Gasteiger partial charge in [0.1, 0.15) is 11.6 Å². The molecule has 30 heavy (non-hydrogen) atoms. The van der Waals surface area contributed by atoms with E-state index >= 15 is 0 Å². The number of halogens is 2.